The summed E-state index contributed by atoms with van der Waals surface area (Å²) < 4.78 is 6.10. The summed E-state index contributed by atoms with van der Waals surface area (Å²) in [4.78, 5) is 0.577. The fourth-order valence-electron chi connectivity index (χ4n) is 2.15. The summed E-state index contributed by atoms with van der Waals surface area (Å²) >= 11 is 3.69. The van der Waals surface area contributed by atoms with Gasteiger partial charge in [-0.3, -0.25) is 0 Å². The smallest absolute Gasteiger partial charge is 0.120 e. The maximum Gasteiger partial charge on any atom is 0.120 e. The lowest BCUT2D eigenvalue weighted by Crippen LogP contribution is -2.53. The first-order chi connectivity index (χ1) is 7.91. The fourth-order valence-corrected chi connectivity index (χ4v) is 2.78. The van der Waals surface area contributed by atoms with Gasteiger partial charge >= 0.3 is 0 Å². The van der Waals surface area contributed by atoms with Crippen LogP contribution in [-0.2, 0) is 0 Å². The van der Waals surface area contributed by atoms with Gasteiger partial charge < -0.3 is 4.74 Å². The molecule has 2 rings (SSSR count). The van der Waals surface area contributed by atoms with Crippen LogP contribution in [0.5, 0.6) is 5.75 Å². The van der Waals surface area contributed by atoms with Crippen molar-refractivity contribution in [2.45, 2.75) is 51.0 Å². The average Bonchev–Trinajstić information content (AvgIpc) is 2.29. The van der Waals surface area contributed by atoms with Gasteiger partial charge in [0.15, 0.2) is 0 Å². The monoisotopic (exact) mass is 296 g/mol. The highest BCUT2D eigenvalue weighted by atomic mass is 79.9. The molecule has 1 aromatic rings. The third kappa shape index (κ3) is 2.52. The average molecular weight is 297 g/mol. The van der Waals surface area contributed by atoms with Crippen LogP contribution in [0.2, 0.25) is 0 Å². The maximum atomic E-state index is 6.10. The van der Waals surface area contributed by atoms with E-state index >= 15 is 0 Å². The summed E-state index contributed by atoms with van der Waals surface area (Å²) in [5, 5.41) is 0. The third-order valence-electron chi connectivity index (χ3n) is 3.86. The van der Waals surface area contributed by atoms with Crippen LogP contribution in [0.1, 0.15) is 45.6 Å². The van der Waals surface area contributed by atoms with Crippen LogP contribution in [0.3, 0.4) is 0 Å². The van der Waals surface area contributed by atoms with Gasteiger partial charge in [0, 0.05) is 10.2 Å². The minimum absolute atomic E-state index is 0.230. The van der Waals surface area contributed by atoms with Gasteiger partial charge in [-0.2, -0.15) is 0 Å². The largest absolute Gasteiger partial charge is 0.490 e. The third-order valence-corrected chi connectivity index (χ3v) is 5.42. The Morgan fingerprint density at radius 2 is 2.06 bits per heavy atom. The highest BCUT2D eigenvalue weighted by Crippen LogP contribution is 2.47. The van der Waals surface area contributed by atoms with E-state index in [-0.39, 0.29) is 5.41 Å². The van der Waals surface area contributed by atoms with E-state index in [2.05, 4.69) is 67.9 Å². The second-order valence-corrected chi connectivity index (χ2v) is 6.96. The van der Waals surface area contributed by atoms with Crippen molar-refractivity contribution in [1.29, 1.82) is 0 Å². The van der Waals surface area contributed by atoms with Crippen LogP contribution in [-0.4, -0.2) is 10.9 Å². The molecule has 1 saturated carbocycles. The normalized spacial score (nSPS) is 26.7. The van der Waals surface area contributed by atoms with Gasteiger partial charge in [-0.15, -0.1) is 0 Å². The second-order valence-electron chi connectivity index (χ2n) is 5.86. The molecule has 0 spiro atoms. The lowest BCUT2D eigenvalue weighted by atomic mass is 9.69. The maximum absolute atomic E-state index is 6.10. The molecule has 1 aromatic carbocycles. The summed E-state index contributed by atoms with van der Waals surface area (Å²) in [7, 11) is 0. The molecule has 0 N–H and O–H groups in total. The summed E-state index contributed by atoms with van der Waals surface area (Å²) in [5.41, 5.74) is 1.57. The summed E-state index contributed by atoms with van der Waals surface area (Å²) in [6.45, 7) is 8.93. The van der Waals surface area contributed by atoms with Crippen LogP contribution in [0.4, 0.5) is 0 Å². The van der Waals surface area contributed by atoms with E-state index < -0.39 is 0 Å². The number of benzene rings is 1. The minimum Gasteiger partial charge on any atom is -0.490 e. The number of ether oxygens (including phenoxy) is 1. The number of hydrogen-bond donors (Lipinski definition) is 0. The van der Waals surface area contributed by atoms with Gasteiger partial charge in [0.25, 0.3) is 0 Å². The van der Waals surface area contributed by atoms with Crippen molar-refractivity contribution < 1.29 is 4.74 Å². The number of halogens is 1. The molecule has 94 valence electrons. The molecule has 1 aliphatic carbocycles. The van der Waals surface area contributed by atoms with Gasteiger partial charge in [-0.05, 0) is 30.0 Å². The first kappa shape index (κ1) is 12.9. The molecule has 2 unspecified atom stereocenters. The van der Waals surface area contributed by atoms with E-state index in [1.807, 2.05) is 0 Å². The molecule has 0 saturated heterocycles. The Labute approximate surface area is 113 Å². The number of rotatable bonds is 3. The van der Waals surface area contributed by atoms with E-state index in [0.717, 1.165) is 12.2 Å². The predicted molar refractivity (Wildman–Crippen MR) is 76.1 cm³/mol. The Morgan fingerprint density at radius 1 is 1.35 bits per heavy atom. The van der Waals surface area contributed by atoms with Crippen molar-refractivity contribution in [3.8, 4) is 5.75 Å². The minimum atomic E-state index is 0.230. The lowest BCUT2D eigenvalue weighted by Gasteiger charge is -2.48. The molecule has 1 nitrogen and oxygen atoms in total. The van der Waals surface area contributed by atoms with Crippen molar-refractivity contribution >= 4 is 15.9 Å². The molecule has 0 heterocycles. The van der Waals surface area contributed by atoms with Crippen LogP contribution < -0.4 is 4.74 Å². The van der Waals surface area contributed by atoms with E-state index in [4.69, 9.17) is 4.74 Å². The first-order valence-electron chi connectivity index (χ1n) is 6.32. The molecule has 1 fully saturated rings. The molecule has 0 radical (unpaired) electrons. The predicted octanol–water partition coefficient (Wildman–Crippen LogP) is 4.75. The zero-order valence-electron chi connectivity index (χ0n) is 11.0. The van der Waals surface area contributed by atoms with E-state index in [1.165, 1.54) is 5.56 Å². The molecule has 0 amide bonds. The molecule has 1 aliphatic rings. The van der Waals surface area contributed by atoms with Gasteiger partial charge in [0.2, 0.25) is 0 Å². The van der Waals surface area contributed by atoms with Crippen LogP contribution in [0.25, 0.3) is 0 Å². The Balaban J connectivity index is 2.07. The van der Waals surface area contributed by atoms with Crippen molar-refractivity contribution in [3.05, 3.63) is 29.8 Å². The van der Waals surface area contributed by atoms with Crippen molar-refractivity contribution in [2.75, 3.05) is 0 Å². The first-order valence-corrected chi connectivity index (χ1v) is 7.23. The molecular formula is C15H21BrO. The number of alkyl halides is 1. The standard InChI is InChI=1S/C15H21BrO/c1-10(2)11-6-5-7-12(8-11)17-14-9-13(16)15(14,3)4/h5-8,10,13-14H,9H2,1-4H3. The summed E-state index contributed by atoms with van der Waals surface area (Å²) in [5.74, 6) is 1.56. The van der Waals surface area contributed by atoms with Crippen LogP contribution >= 0.6 is 15.9 Å². The topological polar surface area (TPSA) is 9.23 Å². The Kier molecular flexibility index (Phi) is 3.53. The van der Waals surface area contributed by atoms with Crippen LogP contribution in [0.15, 0.2) is 24.3 Å². The highest BCUT2D eigenvalue weighted by molar-refractivity contribution is 9.09. The Bertz CT molecular complexity index is 398. The quantitative estimate of drug-likeness (QED) is 0.731. The Hall–Kier alpha value is -0.500. The van der Waals surface area contributed by atoms with Gasteiger partial charge in [-0.25, -0.2) is 0 Å². The van der Waals surface area contributed by atoms with Crippen molar-refractivity contribution in [1.82, 2.24) is 0 Å². The molecule has 2 atom stereocenters. The molecule has 0 aromatic heterocycles. The molecular weight excluding hydrogens is 276 g/mol. The summed E-state index contributed by atoms with van der Waals surface area (Å²) in [6.07, 6.45) is 1.42. The second kappa shape index (κ2) is 4.64. The SMILES string of the molecule is CC(C)c1cccc(OC2CC(Br)C2(C)C)c1. The summed E-state index contributed by atoms with van der Waals surface area (Å²) in [6, 6.07) is 8.48. The van der Waals surface area contributed by atoms with Crippen LogP contribution in [0, 0.1) is 5.41 Å². The molecule has 2 heteroatoms. The zero-order chi connectivity index (χ0) is 12.6. The Morgan fingerprint density at radius 3 is 2.59 bits per heavy atom. The van der Waals surface area contributed by atoms with E-state index in [9.17, 15) is 0 Å². The fraction of sp³-hybridized carbons (Fsp3) is 0.600. The molecule has 0 aliphatic heterocycles. The van der Waals surface area contributed by atoms with E-state index in [0.29, 0.717) is 16.8 Å². The van der Waals surface area contributed by atoms with Gasteiger partial charge in [0.05, 0.1) is 0 Å². The van der Waals surface area contributed by atoms with Gasteiger partial charge in [-0.1, -0.05) is 55.8 Å². The highest BCUT2D eigenvalue weighted by Gasteiger charge is 2.48. The molecule has 17 heavy (non-hydrogen) atoms. The van der Waals surface area contributed by atoms with Gasteiger partial charge in [0.1, 0.15) is 11.9 Å². The van der Waals surface area contributed by atoms with Crippen molar-refractivity contribution in [3.63, 3.8) is 0 Å². The van der Waals surface area contributed by atoms with E-state index in [1.54, 1.807) is 0 Å². The van der Waals surface area contributed by atoms with Crippen molar-refractivity contribution in [2.24, 2.45) is 5.41 Å². The zero-order valence-corrected chi connectivity index (χ0v) is 12.6. The lowest BCUT2D eigenvalue weighted by molar-refractivity contribution is -0.00784. The molecule has 0 bridgehead atoms. The number of hydrogen-bond acceptors (Lipinski definition) is 1.